The van der Waals surface area contributed by atoms with Gasteiger partial charge in [0.1, 0.15) is 0 Å². The van der Waals surface area contributed by atoms with E-state index in [9.17, 15) is 0 Å². The third kappa shape index (κ3) is 6.19. The molecule has 0 bridgehead atoms. The quantitative estimate of drug-likeness (QED) is 0.643. The average molecular weight is 343 g/mol. The predicted molar refractivity (Wildman–Crippen MR) is 105 cm³/mol. The van der Waals surface area contributed by atoms with Crippen molar-refractivity contribution in [1.82, 2.24) is 20.1 Å². The second-order valence-corrected chi connectivity index (χ2v) is 6.09. The first-order valence-electron chi connectivity index (χ1n) is 8.82. The Labute approximate surface area is 150 Å². The second kappa shape index (κ2) is 9.78. The molecule has 2 aromatic rings. The molecule has 25 heavy (non-hydrogen) atoms. The van der Waals surface area contributed by atoms with Gasteiger partial charge >= 0.3 is 0 Å². The molecule has 0 aliphatic heterocycles. The third-order valence-corrected chi connectivity index (χ3v) is 3.90. The molecule has 0 fully saturated rings. The first-order chi connectivity index (χ1) is 12.1. The highest BCUT2D eigenvalue weighted by molar-refractivity contribution is 5.59. The minimum absolute atomic E-state index is 0.494. The summed E-state index contributed by atoms with van der Waals surface area (Å²) in [6.45, 7) is 8.21. The van der Waals surface area contributed by atoms with Crippen molar-refractivity contribution in [2.24, 2.45) is 0 Å². The van der Waals surface area contributed by atoms with Gasteiger partial charge in [-0.2, -0.15) is 10.1 Å². The molecular weight excluding hydrogens is 314 g/mol. The van der Waals surface area contributed by atoms with Gasteiger partial charge in [0.25, 0.3) is 0 Å². The van der Waals surface area contributed by atoms with Crippen LogP contribution in [0.2, 0.25) is 0 Å². The Hall–Kier alpha value is -2.41. The summed E-state index contributed by atoms with van der Waals surface area (Å²) in [5.74, 6) is 1.23. The summed E-state index contributed by atoms with van der Waals surface area (Å²) in [4.78, 5) is 8.92. The zero-order valence-electron chi connectivity index (χ0n) is 15.7. The smallest absolute Gasteiger partial charge is 0.249 e. The van der Waals surface area contributed by atoms with E-state index in [4.69, 9.17) is 0 Å². The van der Waals surface area contributed by atoms with Crippen LogP contribution in [0.4, 0.5) is 23.1 Å². The molecule has 0 aliphatic rings. The van der Waals surface area contributed by atoms with E-state index in [2.05, 4.69) is 75.7 Å². The number of aromatic nitrogens is 3. The molecule has 7 nitrogen and oxygen atoms in total. The van der Waals surface area contributed by atoms with Gasteiger partial charge in [-0.15, -0.1) is 5.10 Å². The molecule has 2 N–H and O–H groups in total. The zero-order chi connectivity index (χ0) is 18.1. The number of nitrogens with zero attached hydrogens (tertiary/aromatic N) is 5. The highest BCUT2D eigenvalue weighted by Crippen LogP contribution is 2.19. The molecule has 0 spiro atoms. The standard InChI is InChI=1S/C18H29N7/c1-5-25(6-2)16-10-8-15(9-11-16)21-18-22-17(14-20-23-18)19-12-7-13-24(3)4/h8-11,14H,5-7,12-13H2,1-4H3,(H2,19,21,22,23). The number of anilines is 4. The lowest BCUT2D eigenvalue weighted by Gasteiger charge is -2.21. The summed E-state index contributed by atoms with van der Waals surface area (Å²) in [5.41, 5.74) is 2.16. The largest absolute Gasteiger partial charge is 0.372 e. The van der Waals surface area contributed by atoms with Gasteiger partial charge in [-0.05, 0) is 65.2 Å². The van der Waals surface area contributed by atoms with Crippen LogP contribution in [0.15, 0.2) is 30.5 Å². The van der Waals surface area contributed by atoms with Gasteiger partial charge in [0.15, 0.2) is 5.82 Å². The van der Waals surface area contributed by atoms with E-state index in [0.717, 1.165) is 44.1 Å². The maximum absolute atomic E-state index is 4.45. The summed E-state index contributed by atoms with van der Waals surface area (Å²) in [5, 5.41) is 14.5. The average Bonchev–Trinajstić information content (AvgIpc) is 2.61. The molecule has 2 rings (SSSR count). The molecule has 1 aromatic carbocycles. The molecule has 0 aliphatic carbocycles. The van der Waals surface area contributed by atoms with Gasteiger partial charge in [0.05, 0.1) is 6.20 Å². The highest BCUT2D eigenvalue weighted by atomic mass is 15.3. The van der Waals surface area contributed by atoms with E-state index in [1.807, 2.05) is 12.1 Å². The first-order valence-corrected chi connectivity index (χ1v) is 8.82. The van der Waals surface area contributed by atoms with Crippen LogP contribution in [0.25, 0.3) is 0 Å². The van der Waals surface area contributed by atoms with Crippen molar-refractivity contribution in [2.75, 3.05) is 55.8 Å². The lowest BCUT2D eigenvalue weighted by molar-refractivity contribution is 0.405. The van der Waals surface area contributed by atoms with E-state index in [-0.39, 0.29) is 0 Å². The lowest BCUT2D eigenvalue weighted by Crippen LogP contribution is -2.21. The summed E-state index contributed by atoms with van der Waals surface area (Å²) < 4.78 is 0. The van der Waals surface area contributed by atoms with Crippen LogP contribution in [-0.2, 0) is 0 Å². The van der Waals surface area contributed by atoms with Crippen LogP contribution in [0.3, 0.4) is 0 Å². The van der Waals surface area contributed by atoms with Crippen LogP contribution in [0.5, 0.6) is 0 Å². The topological polar surface area (TPSA) is 69.2 Å². The van der Waals surface area contributed by atoms with Crippen LogP contribution in [0, 0.1) is 0 Å². The Morgan fingerprint density at radius 3 is 2.40 bits per heavy atom. The van der Waals surface area contributed by atoms with Gasteiger partial charge < -0.3 is 20.4 Å². The molecule has 7 heteroatoms. The minimum atomic E-state index is 0.494. The molecule has 0 saturated heterocycles. The monoisotopic (exact) mass is 343 g/mol. The molecule has 0 saturated carbocycles. The van der Waals surface area contributed by atoms with Crippen molar-refractivity contribution in [3.63, 3.8) is 0 Å². The number of benzene rings is 1. The zero-order valence-corrected chi connectivity index (χ0v) is 15.7. The van der Waals surface area contributed by atoms with Gasteiger partial charge in [0, 0.05) is 31.0 Å². The molecule has 136 valence electrons. The van der Waals surface area contributed by atoms with Crippen molar-refractivity contribution in [1.29, 1.82) is 0 Å². The van der Waals surface area contributed by atoms with E-state index in [1.54, 1.807) is 6.20 Å². The van der Waals surface area contributed by atoms with E-state index in [0.29, 0.717) is 5.95 Å². The van der Waals surface area contributed by atoms with Crippen molar-refractivity contribution in [3.05, 3.63) is 30.5 Å². The molecule has 1 aromatic heterocycles. The molecule has 0 atom stereocenters. The van der Waals surface area contributed by atoms with Crippen molar-refractivity contribution in [2.45, 2.75) is 20.3 Å². The van der Waals surface area contributed by atoms with Crippen LogP contribution < -0.4 is 15.5 Å². The summed E-state index contributed by atoms with van der Waals surface area (Å²) in [6.07, 6.45) is 2.69. The number of hydrogen-bond acceptors (Lipinski definition) is 7. The summed E-state index contributed by atoms with van der Waals surface area (Å²) in [7, 11) is 4.14. The predicted octanol–water partition coefficient (Wildman–Crippen LogP) is 2.83. The Kier molecular flexibility index (Phi) is 7.40. The number of hydrogen-bond donors (Lipinski definition) is 2. The van der Waals surface area contributed by atoms with Gasteiger partial charge in [-0.25, -0.2) is 0 Å². The fraction of sp³-hybridized carbons (Fsp3) is 0.500. The fourth-order valence-corrected chi connectivity index (χ4v) is 2.53. The SMILES string of the molecule is CCN(CC)c1ccc(Nc2nncc(NCCCN(C)C)n2)cc1. The van der Waals surface area contributed by atoms with Crippen LogP contribution in [-0.4, -0.2) is 60.4 Å². The minimum Gasteiger partial charge on any atom is -0.372 e. The van der Waals surface area contributed by atoms with Crippen molar-refractivity contribution >= 4 is 23.1 Å². The Bertz CT molecular complexity index is 624. The molecular formula is C18H29N7. The molecule has 0 unspecified atom stereocenters. The van der Waals surface area contributed by atoms with Gasteiger partial charge in [-0.1, -0.05) is 0 Å². The summed E-state index contributed by atoms with van der Waals surface area (Å²) >= 11 is 0. The maximum Gasteiger partial charge on any atom is 0.249 e. The fourth-order valence-electron chi connectivity index (χ4n) is 2.53. The molecule has 1 heterocycles. The number of rotatable bonds is 10. The molecule has 0 amide bonds. The first kappa shape index (κ1) is 18.9. The van der Waals surface area contributed by atoms with E-state index >= 15 is 0 Å². The Balaban J connectivity index is 1.92. The van der Waals surface area contributed by atoms with E-state index < -0.39 is 0 Å². The second-order valence-electron chi connectivity index (χ2n) is 6.09. The Morgan fingerprint density at radius 1 is 1.04 bits per heavy atom. The summed E-state index contributed by atoms with van der Waals surface area (Å²) in [6, 6.07) is 8.28. The van der Waals surface area contributed by atoms with Crippen molar-refractivity contribution in [3.8, 4) is 0 Å². The third-order valence-electron chi connectivity index (χ3n) is 3.90. The van der Waals surface area contributed by atoms with Crippen molar-refractivity contribution < 1.29 is 0 Å². The lowest BCUT2D eigenvalue weighted by atomic mass is 10.2. The van der Waals surface area contributed by atoms with Gasteiger partial charge in [-0.3, -0.25) is 0 Å². The highest BCUT2D eigenvalue weighted by Gasteiger charge is 2.04. The van der Waals surface area contributed by atoms with Gasteiger partial charge in [0.2, 0.25) is 5.95 Å². The maximum atomic E-state index is 4.45. The van der Waals surface area contributed by atoms with Crippen LogP contribution >= 0.6 is 0 Å². The normalized spacial score (nSPS) is 10.8. The van der Waals surface area contributed by atoms with E-state index in [1.165, 1.54) is 5.69 Å². The Morgan fingerprint density at radius 2 is 1.76 bits per heavy atom. The molecule has 0 radical (unpaired) electrons. The number of nitrogens with one attached hydrogen (secondary N) is 2. The van der Waals surface area contributed by atoms with Crippen LogP contribution in [0.1, 0.15) is 20.3 Å².